The molecule has 0 fully saturated rings. The minimum Gasteiger partial charge on any atom is -0.386 e. The molecule has 1 aromatic carbocycles. The van der Waals surface area contributed by atoms with Crippen LogP contribution in [0.2, 0.25) is 0 Å². The second-order valence-electron chi connectivity index (χ2n) is 3.25. The smallest absolute Gasteiger partial charge is 0.115 e. The van der Waals surface area contributed by atoms with Crippen molar-refractivity contribution in [3.63, 3.8) is 0 Å². The maximum Gasteiger partial charge on any atom is 0.115 e. The number of alkyl halides is 1. The third kappa shape index (κ3) is 8.41. The molecule has 2 rings (SSSR count). The number of thiophene rings is 1. The predicted octanol–water partition coefficient (Wildman–Crippen LogP) is 5.00. The number of amidine groups is 1. The van der Waals surface area contributed by atoms with E-state index in [9.17, 15) is 0 Å². The molecule has 19 heavy (non-hydrogen) atoms. The molecular formula is C15H21ClN2S. The maximum atomic E-state index is 5.47. The van der Waals surface area contributed by atoms with Gasteiger partial charge in [0.1, 0.15) is 5.84 Å². The van der Waals surface area contributed by atoms with Gasteiger partial charge in [0.2, 0.25) is 0 Å². The lowest BCUT2D eigenvalue weighted by Crippen LogP contribution is -2.12. The summed E-state index contributed by atoms with van der Waals surface area (Å²) in [6, 6.07) is 13.9. The van der Waals surface area contributed by atoms with Crippen LogP contribution in [0.4, 0.5) is 5.69 Å². The first-order valence-corrected chi connectivity index (χ1v) is 7.58. The number of hydrogen-bond acceptors (Lipinski definition) is 2. The van der Waals surface area contributed by atoms with Crippen LogP contribution in [0.5, 0.6) is 0 Å². The number of nitrogens with zero attached hydrogens (tertiary/aromatic N) is 1. The standard InChI is InChI=1S/C7H9ClN2S.C6H6.C2H6/c1-5-6(2-3-11-5)10-7(9)4-8;1-2-4-6-5-3-1;1-2/h2-3H,4H2,1H3,(H2,9,10);1-6H;1-2H3. The molecule has 1 aromatic heterocycles. The fourth-order valence-corrected chi connectivity index (χ4v) is 1.76. The molecule has 0 atom stereocenters. The SMILES string of the molecule is CC.Cc1sccc1N=C(N)CCl.c1ccccc1. The van der Waals surface area contributed by atoms with E-state index < -0.39 is 0 Å². The van der Waals surface area contributed by atoms with Crippen LogP contribution in [0.1, 0.15) is 18.7 Å². The largest absolute Gasteiger partial charge is 0.386 e. The lowest BCUT2D eigenvalue weighted by molar-refractivity contribution is 1.44. The molecule has 2 nitrogen and oxygen atoms in total. The van der Waals surface area contributed by atoms with Gasteiger partial charge in [0.15, 0.2) is 0 Å². The summed E-state index contributed by atoms with van der Waals surface area (Å²) in [4.78, 5) is 5.27. The summed E-state index contributed by atoms with van der Waals surface area (Å²) in [6.07, 6.45) is 0. The molecule has 0 bridgehead atoms. The van der Waals surface area contributed by atoms with Crippen molar-refractivity contribution in [2.24, 2.45) is 10.7 Å². The summed E-state index contributed by atoms with van der Waals surface area (Å²) in [5.41, 5.74) is 6.38. The molecule has 0 aliphatic rings. The van der Waals surface area contributed by atoms with Gasteiger partial charge in [-0.3, -0.25) is 0 Å². The highest BCUT2D eigenvalue weighted by atomic mass is 35.5. The highest BCUT2D eigenvalue weighted by molar-refractivity contribution is 7.10. The number of benzene rings is 1. The van der Waals surface area contributed by atoms with Crippen LogP contribution in [-0.2, 0) is 0 Å². The number of halogens is 1. The molecule has 1 heterocycles. The van der Waals surface area contributed by atoms with Gasteiger partial charge in [0.25, 0.3) is 0 Å². The van der Waals surface area contributed by atoms with Crippen molar-refractivity contribution < 1.29 is 0 Å². The average Bonchev–Trinajstić information content (AvgIpc) is 2.89. The van der Waals surface area contributed by atoms with Crippen LogP contribution in [0.25, 0.3) is 0 Å². The van der Waals surface area contributed by atoms with Crippen molar-refractivity contribution in [1.29, 1.82) is 0 Å². The summed E-state index contributed by atoms with van der Waals surface area (Å²) >= 11 is 7.12. The van der Waals surface area contributed by atoms with Crippen LogP contribution in [0.3, 0.4) is 0 Å². The topological polar surface area (TPSA) is 38.4 Å². The molecule has 0 amide bonds. The number of hydrogen-bond donors (Lipinski definition) is 1. The molecule has 0 spiro atoms. The van der Waals surface area contributed by atoms with Crippen LogP contribution < -0.4 is 5.73 Å². The summed E-state index contributed by atoms with van der Waals surface area (Å²) in [5.74, 6) is 0.753. The highest BCUT2D eigenvalue weighted by Gasteiger charge is 1.96. The zero-order valence-electron chi connectivity index (χ0n) is 11.6. The van der Waals surface area contributed by atoms with E-state index in [-0.39, 0.29) is 5.88 Å². The molecule has 0 unspecified atom stereocenters. The molecule has 0 aliphatic carbocycles. The summed E-state index contributed by atoms with van der Waals surface area (Å²) < 4.78 is 0. The van der Waals surface area contributed by atoms with Gasteiger partial charge in [-0.15, -0.1) is 22.9 Å². The Labute approximate surface area is 125 Å². The average molecular weight is 297 g/mol. The normalized spacial score (nSPS) is 9.79. The molecule has 4 heteroatoms. The first-order valence-electron chi connectivity index (χ1n) is 6.17. The lowest BCUT2D eigenvalue weighted by Gasteiger charge is -1.93. The third-order valence-electron chi connectivity index (χ3n) is 1.90. The zero-order valence-corrected chi connectivity index (χ0v) is 13.2. The van der Waals surface area contributed by atoms with Crippen molar-refractivity contribution >= 4 is 34.5 Å². The molecule has 0 saturated heterocycles. The Morgan fingerprint density at radius 3 is 1.95 bits per heavy atom. The molecular weight excluding hydrogens is 276 g/mol. The zero-order chi connectivity index (χ0) is 14.5. The van der Waals surface area contributed by atoms with E-state index in [0.717, 1.165) is 10.6 Å². The lowest BCUT2D eigenvalue weighted by atomic mass is 10.4. The number of nitrogens with two attached hydrogens (primary N) is 1. The van der Waals surface area contributed by atoms with Gasteiger partial charge in [-0.05, 0) is 18.4 Å². The van der Waals surface area contributed by atoms with Crippen molar-refractivity contribution in [3.05, 3.63) is 52.7 Å². The maximum absolute atomic E-state index is 5.47. The van der Waals surface area contributed by atoms with Gasteiger partial charge in [-0.2, -0.15) is 0 Å². The number of aliphatic imine (C=N–C) groups is 1. The molecule has 2 N–H and O–H groups in total. The van der Waals surface area contributed by atoms with Crippen molar-refractivity contribution in [3.8, 4) is 0 Å². The van der Waals surface area contributed by atoms with E-state index in [1.165, 1.54) is 0 Å². The Morgan fingerprint density at radius 2 is 1.63 bits per heavy atom. The van der Waals surface area contributed by atoms with E-state index in [2.05, 4.69) is 4.99 Å². The third-order valence-corrected chi connectivity index (χ3v) is 3.01. The predicted molar refractivity (Wildman–Crippen MR) is 88.8 cm³/mol. The fraction of sp³-hybridized carbons (Fsp3) is 0.267. The fourth-order valence-electron chi connectivity index (χ4n) is 1.06. The molecule has 0 saturated carbocycles. The van der Waals surface area contributed by atoms with Crippen molar-refractivity contribution in [2.75, 3.05) is 5.88 Å². The minimum atomic E-state index is 0.287. The summed E-state index contributed by atoms with van der Waals surface area (Å²) in [6.45, 7) is 6.00. The van der Waals surface area contributed by atoms with Gasteiger partial charge in [0.05, 0.1) is 11.6 Å². The second kappa shape index (κ2) is 11.8. The summed E-state index contributed by atoms with van der Waals surface area (Å²) in [7, 11) is 0. The highest BCUT2D eigenvalue weighted by Crippen LogP contribution is 2.23. The Kier molecular flexibility index (Phi) is 10.9. The van der Waals surface area contributed by atoms with E-state index >= 15 is 0 Å². The Hall–Kier alpha value is -1.32. The molecule has 2 aromatic rings. The van der Waals surface area contributed by atoms with Gasteiger partial charge in [-0.1, -0.05) is 50.2 Å². The molecule has 0 radical (unpaired) electrons. The molecule has 104 valence electrons. The monoisotopic (exact) mass is 296 g/mol. The van der Waals surface area contributed by atoms with Gasteiger partial charge < -0.3 is 5.73 Å². The van der Waals surface area contributed by atoms with Crippen LogP contribution >= 0.6 is 22.9 Å². The summed E-state index contributed by atoms with van der Waals surface area (Å²) in [5, 5.41) is 1.98. The first kappa shape index (κ1) is 17.7. The van der Waals surface area contributed by atoms with Crippen LogP contribution in [-0.4, -0.2) is 11.7 Å². The van der Waals surface area contributed by atoms with Gasteiger partial charge in [0, 0.05) is 4.88 Å². The van der Waals surface area contributed by atoms with E-state index in [1.807, 2.05) is 68.6 Å². The van der Waals surface area contributed by atoms with Crippen LogP contribution in [0.15, 0.2) is 52.8 Å². The Balaban J connectivity index is 0.000000341. The molecule has 0 aliphatic heterocycles. The van der Waals surface area contributed by atoms with Crippen molar-refractivity contribution in [2.45, 2.75) is 20.8 Å². The number of rotatable bonds is 2. The van der Waals surface area contributed by atoms with E-state index in [1.54, 1.807) is 11.3 Å². The number of aryl methyl sites for hydroxylation is 1. The van der Waals surface area contributed by atoms with Gasteiger partial charge in [-0.25, -0.2) is 4.99 Å². The Morgan fingerprint density at radius 1 is 1.16 bits per heavy atom. The van der Waals surface area contributed by atoms with Crippen LogP contribution in [0, 0.1) is 6.92 Å². The van der Waals surface area contributed by atoms with Gasteiger partial charge >= 0.3 is 0 Å². The quantitative estimate of drug-likeness (QED) is 0.473. The van der Waals surface area contributed by atoms with E-state index in [4.69, 9.17) is 17.3 Å². The first-order chi connectivity index (χ1) is 9.24. The minimum absolute atomic E-state index is 0.287. The second-order valence-corrected chi connectivity index (χ2v) is 4.64. The van der Waals surface area contributed by atoms with Crippen molar-refractivity contribution in [1.82, 2.24) is 0 Å². The van der Waals surface area contributed by atoms with E-state index in [0.29, 0.717) is 5.84 Å². The Bertz CT molecular complexity index is 425.